The molecular weight excluding hydrogens is 1350 g/mol. The highest BCUT2D eigenvalue weighted by Crippen LogP contribution is 2.45. The van der Waals surface area contributed by atoms with Gasteiger partial charge in [0, 0.05) is 25.7 Å². The van der Waals surface area contributed by atoms with Crippen molar-refractivity contribution in [1.82, 2.24) is 0 Å². The number of esters is 4. The third-order valence-corrected chi connectivity index (χ3v) is 21.8. The van der Waals surface area contributed by atoms with E-state index < -0.39 is 97.5 Å². The first-order chi connectivity index (χ1) is 50.2. The van der Waals surface area contributed by atoms with E-state index in [-0.39, 0.29) is 25.7 Å². The van der Waals surface area contributed by atoms with Crippen LogP contribution in [0.1, 0.15) is 447 Å². The van der Waals surface area contributed by atoms with Crippen LogP contribution in [0.25, 0.3) is 0 Å². The molecule has 0 aliphatic rings. The number of unbranched alkanes of at least 4 members (excludes halogenated alkanes) is 51. The number of hydrogen-bond acceptors (Lipinski definition) is 15. The Bertz CT molecular complexity index is 2010. The maximum atomic E-state index is 13.1. The molecule has 0 spiro atoms. The Morgan fingerprint density at radius 2 is 0.442 bits per heavy atom. The minimum absolute atomic E-state index is 0.108. The van der Waals surface area contributed by atoms with Gasteiger partial charge >= 0.3 is 39.5 Å². The van der Waals surface area contributed by atoms with E-state index in [1.54, 1.807) is 0 Å². The minimum atomic E-state index is -4.97. The SMILES string of the molecule is CCCCCCCCCCCCCCCCCCC(=O)O[C@H](COC(=O)CCCCCCCCCC(C)C)COP(=O)(O)OC[C@H](O)COP(=O)(O)OC[C@@H](COC(=O)CCCCCCCCCCCCCCCCCCC(C)C)OC(=O)CCCCCCCCCCCCCCCCCCC(C)C. The molecule has 0 rings (SSSR count). The second kappa shape index (κ2) is 75.1. The van der Waals surface area contributed by atoms with E-state index in [1.807, 2.05) is 0 Å². The fourth-order valence-corrected chi connectivity index (χ4v) is 14.8. The third-order valence-electron chi connectivity index (χ3n) is 19.9. The largest absolute Gasteiger partial charge is 0.472 e. The van der Waals surface area contributed by atoms with Crippen molar-refractivity contribution in [3.8, 4) is 0 Å². The molecule has 0 aromatic rings. The summed E-state index contributed by atoms with van der Waals surface area (Å²) in [5, 5.41) is 10.7. The van der Waals surface area contributed by atoms with E-state index in [9.17, 15) is 43.2 Å². The van der Waals surface area contributed by atoms with Crippen molar-refractivity contribution in [2.45, 2.75) is 465 Å². The summed E-state index contributed by atoms with van der Waals surface area (Å²) < 4.78 is 68.9. The summed E-state index contributed by atoms with van der Waals surface area (Å²) in [7, 11) is -9.93. The van der Waals surface area contributed by atoms with Crippen molar-refractivity contribution in [2.24, 2.45) is 17.8 Å². The third kappa shape index (κ3) is 78.2. The standard InChI is InChI=1S/C85H166O17P2/c1-8-9-10-11-12-13-14-15-16-23-29-34-39-46-54-61-69-85(90)102-81(73-96-83(88)67-60-53-48-41-44-51-58-65-78(6)7)75-100-104(93,94)98-71-79(86)70-97-103(91,92)99-74-80(101-84(89)68-62-55-47-40-35-30-25-20-18-22-27-32-37-43-50-57-64-77(4)5)72-95-82(87)66-59-52-45-38-33-28-24-19-17-21-26-31-36-42-49-56-63-76(2)3/h76-81,86H,8-75H2,1-7H3,(H,91,92)(H,93,94)/t79-,80-,81-/m1/s1. The molecule has 618 valence electrons. The number of phosphoric acid groups is 2. The highest BCUT2D eigenvalue weighted by Gasteiger charge is 2.30. The Hall–Kier alpha value is -1.94. The molecule has 3 N–H and O–H groups in total. The van der Waals surface area contributed by atoms with Gasteiger partial charge in [-0.25, -0.2) is 9.13 Å². The van der Waals surface area contributed by atoms with Gasteiger partial charge in [-0.15, -0.1) is 0 Å². The van der Waals surface area contributed by atoms with E-state index >= 15 is 0 Å². The topological polar surface area (TPSA) is 237 Å². The second-order valence-electron chi connectivity index (χ2n) is 32.0. The molecule has 0 aliphatic carbocycles. The first-order valence-corrected chi connectivity index (χ1v) is 46.8. The van der Waals surface area contributed by atoms with Gasteiger partial charge in [-0.2, -0.15) is 0 Å². The average molecular weight is 1520 g/mol. The fraction of sp³-hybridized carbons (Fsp3) is 0.953. The van der Waals surface area contributed by atoms with E-state index in [2.05, 4.69) is 48.5 Å². The zero-order chi connectivity index (χ0) is 76.5. The van der Waals surface area contributed by atoms with Crippen LogP contribution in [0.4, 0.5) is 0 Å². The van der Waals surface area contributed by atoms with Gasteiger partial charge in [0.15, 0.2) is 12.2 Å². The molecule has 19 heteroatoms. The van der Waals surface area contributed by atoms with Crippen molar-refractivity contribution in [3.63, 3.8) is 0 Å². The van der Waals surface area contributed by atoms with Crippen molar-refractivity contribution < 1.29 is 80.2 Å². The summed E-state index contributed by atoms with van der Waals surface area (Å²) in [6, 6.07) is 0. The average Bonchev–Trinajstić information content (AvgIpc) is 0.908. The van der Waals surface area contributed by atoms with E-state index in [4.69, 9.17) is 37.0 Å². The number of carbonyl (C=O) groups excluding carboxylic acids is 4. The summed E-state index contributed by atoms with van der Waals surface area (Å²) in [5.41, 5.74) is 0. The molecule has 0 heterocycles. The molecule has 0 saturated heterocycles. The van der Waals surface area contributed by atoms with Crippen molar-refractivity contribution in [2.75, 3.05) is 39.6 Å². The summed E-state index contributed by atoms with van der Waals surface area (Å²) in [6.07, 6.45) is 65.3. The summed E-state index contributed by atoms with van der Waals surface area (Å²) in [6.45, 7) is 12.0. The monoisotopic (exact) mass is 1520 g/mol. The molecule has 0 amide bonds. The lowest BCUT2D eigenvalue weighted by Gasteiger charge is -2.21. The number of ether oxygens (including phenoxy) is 4. The van der Waals surface area contributed by atoms with Crippen LogP contribution >= 0.6 is 15.6 Å². The Morgan fingerprint density at radius 3 is 0.654 bits per heavy atom. The molecule has 0 fully saturated rings. The Labute approximate surface area is 638 Å². The molecule has 0 aliphatic heterocycles. The molecule has 0 bridgehead atoms. The quantitative estimate of drug-likeness (QED) is 0.0222. The van der Waals surface area contributed by atoms with Gasteiger partial charge < -0.3 is 33.8 Å². The van der Waals surface area contributed by atoms with Gasteiger partial charge in [0.25, 0.3) is 0 Å². The first kappa shape index (κ1) is 102. The van der Waals surface area contributed by atoms with Crippen LogP contribution in [0.2, 0.25) is 0 Å². The molecule has 0 aromatic carbocycles. The van der Waals surface area contributed by atoms with Crippen molar-refractivity contribution in [1.29, 1.82) is 0 Å². The highest BCUT2D eigenvalue weighted by atomic mass is 31.2. The Kier molecular flexibility index (Phi) is 73.7. The van der Waals surface area contributed by atoms with Gasteiger partial charge in [-0.3, -0.25) is 37.3 Å². The molecule has 2 unspecified atom stereocenters. The molecule has 17 nitrogen and oxygen atoms in total. The second-order valence-corrected chi connectivity index (χ2v) is 34.9. The van der Waals surface area contributed by atoms with E-state index in [0.717, 1.165) is 108 Å². The minimum Gasteiger partial charge on any atom is -0.462 e. The molecule has 5 atom stereocenters. The Morgan fingerprint density at radius 1 is 0.260 bits per heavy atom. The molecule has 104 heavy (non-hydrogen) atoms. The van der Waals surface area contributed by atoms with Crippen LogP contribution in [0.15, 0.2) is 0 Å². The predicted molar refractivity (Wildman–Crippen MR) is 428 cm³/mol. The number of aliphatic hydroxyl groups excluding tert-OH is 1. The smallest absolute Gasteiger partial charge is 0.462 e. The number of phosphoric ester groups is 2. The van der Waals surface area contributed by atoms with Crippen LogP contribution in [-0.2, 0) is 65.4 Å². The van der Waals surface area contributed by atoms with Gasteiger partial charge in [0.05, 0.1) is 26.4 Å². The van der Waals surface area contributed by atoms with Crippen molar-refractivity contribution in [3.05, 3.63) is 0 Å². The van der Waals surface area contributed by atoms with Crippen LogP contribution in [-0.4, -0.2) is 96.7 Å². The lowest BCUT2D eigenvalue weighted by molar-refractivity contribution is -0.161. The van der Waals surface area contributed by atoms with Crippen LogP contribution in [0.5, 0.6) is 0 Å². The summed E-state index contributed by atoms with van der Waals surface area (Å²) >= 11 is 0. The number of aliphatic hydroxyl groups is 1. The zero-order valence-corrected chi connectivity index (χ0v) is 70.3. The van der Waals surface area contributed by atoms with Gasteiger partial charge in [-0.1, -0.05) is 395 Å². The molecule has 0 saturated carbocycles. The number of rotatable bonds is 83. The molecule has 0 aromatic heterocycles. The first-order valence-electron chi connectivity index (χ1n) is 43.8. The van der Waals surface area contributed by atoms with Gasteiger partial charge in [0.1, 0.15) is 19.3 Å². The fourth-order valence-electron chi connectivity index (χ4n) is 13.2. The van der Waals surface area contributed by atoms with Gasteiger partial charge in [0.2, 0.25) is 0 Å². The molecular formula is C85H166O17P2. The Balaban J connectivity index is 5.23. The van der Waals surface area contributed by atoms with Crippen LogP contribution in [0.3, 0.4) is 0 Å². The number of carbonyl (C=O) groups is 4. The van der Waals surface area contributed by atoms with Crippen molar-refractivity contribution >= 4 is 39.5 Å². The molecule has 0 radical (unpaired) electrons. The summed E-state index contributed by atoms with van der Waals surface area (Å²) in [5.74, 6) is 0.221. The normalized spacial score (nSPS) is 13.9. The lowest BCUT2D eigenvalue weighted by atomic mass is 10.0. The highest BCUT2D eigenvalue weighted by molar-refractivity contribution is 7.47. The number of hydrogen-bond donors (Lipinski definition) is 3. The van der Waals surface area contributed by atoms with E-state index in [1.165, 1.54) is 250 Å². The zero-order valence-electron chi connectivity index (χ0n) is 68.5. The van der Waals surface area contributed by atoms with Crippen LogP contribution in [0, 0.1) is 17.8 Å². The lowest BCUT2D eigenvalue weighted by Crippen LogP contribution is -2.30. The maximum Gasteiger partial charge on any atom is 0.472 e. The predicted octanol–water partition coefficient (Wildman–Crippen LogP) is 25.7. The summed E-state index contributed by atoms with van der Waals surface area (Å²) in [4.78, 5) is 73.2. The van der Waals surface area contributed by atoms with Gasteiger partial charge in [-0.05, 0) is 43.4 Å². The van der Waals surface area contributed by atoms with E-state index in [0.29, 0.717) is 31.6 Å². The van der Waals surface area contributed by atoms with Crippen LogP contribution < -0.4 is 0 Å². The maximum absolute atomic E-state index is 13.1.